The highest BCUT2D eigenvalue weighted by molar-refractivity contribution is 5.32. The molecule has 0 saturated carbocycles. The number of pyridine rings is 1. The largest absolute Gasteiger partial charge is 0.377 e. The molecule has 0 radical (unpaired) electrons. The standard InChI is InChI=1S/C13H16FN3O/c1-4-13(18,11-6-5-10(14)8-15-11)12-9(2)7-16-17(12)3/h5-8,18H,4H2,1-3H3. The molecule has 0 aromatic carbocycles. The van der Waals surface area contributed by atoms with Crippen molar-refractivity contribution in [1.29, 1.82) is 0 Å². The summed E-state index contributed by atoms with van der Waals surface area (Å²) in [4.78, 5) is 3.99. The lowest BCUT2D eigenvalue weighted by Crippen LogP contribution is -2.31. The second-order valence-corrected chi connectivity index (χ2v) is 4.38. The van der Waals surface area contributed by atoms with E-state index in [1.165, 1.54) is 12.1 Å². The van der Waals surface area contributed by atoms with Crippen LogP contribution in [0.5, 0.6) is 0 Å². The molecular formula is C13H16FN3O. The first-order chi connectivity index (χ1) is 8.49. The molecule has 1 unspecified atom stereocenters. The van der Waals surface area contributed by atoms with Gasteiger partial charge >= 0.3 is 0 Å². The lowest BCUT2D eigenvalue weighted by Gasteiger charge is -2.27. The van der Waals surface area contributed by atoms with Gasteiger partial charge in [-0.15, -0.1) is 0 Å². The van der Waals surface area contributed by atoms with Crippen LogP contribution in [0, 0.1) is 12.7 Å². The zero-order valence-electron chi connectivity index (χ0n) is 10.7. The van der Waals surface area contributed by atoms with Gasteiger partial charge in [-0.05, 0) is 31.0 Å². The third-order valence-electron chi connectivity index (χ3n) is 3.18. The number of rotatable bonds is 3. The minimum atomic E-state index is -1.25. The second kappa shape index (κ2) is 4.49. The number of hydrogen-bond donors (Lipinski definition) is 1. The average Bonchev–Trinajstić information content (AvgIpc) is 2.69. The number of aliphatic hydroxyl groups is 1. The van der Waals surface area contributed by atoms with Crippen LogP contribution in [-0.2, 0) is 12.6 Å². The molecule has 0 bridgehead atoms. The fourth-order valence-corrected chi connectivity index (χ4v) is 2.23. The summed E-state index contributed by atoms with van der Waals surface area (Å²) in [6.07, 6.45) is 3.24. The number of nitrogens with zero attached hydrogens (tertiary/aromatic N) is 3. The maximum absolute atomic E-state index is 12.9. The normalized spacial score (nSPS) is 14.5. The van der Waals surface area contributed by atoms with E-state index in [0.29, 0.717) is 17.8 Å². The first-order valence-corrected chi connectivity index (χ1v) is 5.82. The fraction of sp³-hybridized carbons (Fsp3) is 0.385. The maximum atomic E-state index is 12.9. The molecular weight excluding hydrogens is 233 g/mol. The third kappa shape index (κ3) is 1.90. The number of hydrogen-bond acceptors (Lipinski definition) is 3. The summed E-state index contributed by atoms with van der Waals surface area (Å²) >= 11 is 0. The summed E-state index contributed by atoms with van der Waals surface area (Å²) in [5, 5.41) is 15.0. The smallest absolute Gasteiger partial charge is 0.148 e. The molecule has 96 valence electrons. The molecule has 18 heavy (non-hydrogen) atoms. The van der Waals surface area contributed by atoms with Crippen LogP contribution in [-0.4, -0.2) is 19.9 Å². The van der Waals surface area contributed by atoms with Crippen LogP contribution in [0.15, 0.2) is 24.5 Å². The molecule has 5 heteroatoms. The topological polar surface area (TPSA) is 50.9 Å². The van der Waals surface area contributed by atoms with Gasteiger partial charge in [0, 0.05) is 7.05 Å². The predicted octanol–water partition coefficient (Wildman–Crippen LogP) is 1.91. The van der Waals surface area contributed by atoms with Crippen molar-refractivity contribution in [1.82, 2.24) is 14.8 Å². The first-order valence-electron chi connectivity index (χ1n) is 5.82. The molecule has 0 amide bonds. The van der Waals surface area contributed by atoms with Crippen LogP contribution in [0.2, 0.25) is 0 Å². The average molecular weight is 249 g/mol. The highest BCUT2D eigenvalue weighted by atomic mass is 19.1. The highest BCUT2D eigenvalue weighted by Gasteiger charge is 2.35. The lowest BCUT2D eigenvalue weighted by molar-refractivity contribution is 0.0624. The van der Waals surface area contributed by atoms with Crippen molar-refractivity contribution in [3.05, 3.63) is 47.3 Å². The molecule has 2 aromatic heterocycles. The number of aryl methyl sites for hydroxylation is 2. The second-order valence-electron chi connectivity index (χ2n) is 4.38. The molecule has 0 aliphatic rings. The van der Waals surface area contributed by atoms with Gasteiger partial charge in [0.15, 0.2) is 0 Å². The van der Waals surface area contributed by atoms with E-state index in [4.69, 9.17) is 0 Å². The Morgan fingerprint density at radius 2 is 2.11 bits per heavy atom. The molecule has 2 heterocycles. The quantitative estimate of drug-likeness (QED) is 0.904. The van der Waals surface area contributed by atoms with E-state index < -0.39 is 11.4 Å². The third-order valence-corrected chi connectivity index (χ3v) is 3.18. The van der Waals surface area contributed by atoms with Crippen LogP contribution in [0.1, 0.15) is 30.3 Å². The highest BCUT2D eigenvalue weighted by Crippen LogP contribution is 2.33. The molecule has 0 aliphatic heterocycles. The van der Waals surface area contributed by atoms with Crippen LogP contribution >= 0.6 is 0 Å². The Kier molecular flexibility index (Phi) is 3.17. The monoisotopic (exact) mass is 249 g/mol. The van der Waals surface area contributed by atoms with Crippen LogP contribution in [0.4, 0.5) is 4.39 Å². The van der Waals surface area contributed by atoms with Crippen LogP contribution in [0.3, 0.4) is 0 Å². The first kappa shape index (κ1) is 12.7. The molecule has 1 atom stereocenters. The van der Waals surface area contributed by atoms with E-state index in [-0.39, 0.29) is 0 Å². The van der Waals surface area contributed by atoms with E-state index in [0.717, 1.165) is 11.8 Å². The van der Waals surface area contributed by atoms with Crippen molar-refractivity contribution in [2.45, 2.75) is 25.9 Å². The van der Waals surface area contributed by atoms with Gasteiger partial charge in [0.25, 0.3) is 0 Å². The Bertz CT molecular complexity index is 530. The molecule has 0 fully saturated rings. The fourth-order valence-electron chi connectivity index (χ4n) is 2.23. The molecule has 0 aliphatic carbocycles. The van der Waals surface area contributed by atoms with Crippen molar-refractivity contribution in [2.75, 3.05) is 0 Å². The van der Waals surface area contributed by atoms with Crippen molar-refractivity contribution < 1.29 is 9.50 Å². The number of aromatic nitrogens is 3. The van der Waals surface area contributed by atoms with Gasteiger partial charge in [-0.3, -0.25) is 9.67 Å². The van der Waals surface area contributed by atoms with E-state index >= 15 is 0 Å². The molecule has 0 saturated heterocycles. The zero-order chi connectivity index (χ0) is 13.3. The van der Waals surface area contributed by atoms with Crippen molar-refractivity contribution in [3.8, 4) is 0 Å². The Labute approximate surface area is 105 Å². The Balaban J connectivity index is 2.58. The summed E-state index contributed by atoms with van der Waals surface area (Å²) in [7, 11) is 1.77. The predicted molar refractivity (Wildman–Crippen MR) is 65.4 cm³/mol. The summed E-state index contributed by atoms with van der Waals surface area (Å²) in [6, 6.07) is 2.81. The van der Waals surface area contributed by atoms with Gasteiger partial charge in [0.1, 0.15) is 11.4 Å². The molecule has 2 aromatic rings. The van der Waals surface area contributed by atoms with E-state index in [1.807, 2.05) is 13.8 Å². The Hall–Kier alpha value is -1.75. The van der Waals surface area contributed by atoms with Gasteiger partial charge in [-0.25, -0.2) is 4.39 Å². The van der Waals surface area contributed by atoms with Crippen molar-refractivity contribution >= 4 is 0 Å². The molecule has 1 N–H and O–H groups in total. The molecule has 0 spiro atoms. The molecule has 2 rings (SSSR count). The van der Waals surface area contributed by atoms with Gasteiger partial charge in [-0.1, -0.05) is 6.92 Å². The van der Waals surface area contributed by atoms with E-state index in [2.05, 4.69) is 10.1 Å². The zero-order valence-corrected chi connectivity index (χ0v) is 10.7. The SMILES string of the molecule is CCC(O)(c1ccc(F)cn1)c1c(C)cnn1C. The van der Waals surface area contributed by atoms with Crippen LogP contribution < -0.4 is 0 Å². The van der Waals surface area contributed by atoms with E-state index in [1.54, 1.807) is 17.9 Å². The summed E-state index contributed by atoms with van der Waals surface area (Å²) in [5.74, 6) is -0.418. The van der Waals surface area contributed by atoms with Gasteiger partial charge in [0.2, 0.25) is 0 Å². The Morgan fingerprint density at radius 1 is 1.39 bits per heavy atom. The molecule has 4 nitrogen and oxygen atoms in total. The van der Waals surface area contributed by atoms with Gasteiger partial charge < -0.3 is 5.11 Å². The van der Waals surface area contributed by atoms with Gasteiger partial charge in [0.05, 0.1) is 23.8 Å². The minimum Gasteiger partial charge on any atom is -0.377 e. The lowest BCUT2D eigenvalue weighted by atomic mass is 9.89. The van der Waals surface area contributed by atoms with E-state index in [9.17, 15) is 9.50 Å². The van der Waals surface area contributed by atoms with Crippen molar-refractivity contribution in [2.24, 2.45) is 7.05 Å². The minimum absolute atomic E-state index is 0.418. The number of halogens is 1. The van der Waals surface area contributed by atoms with Gasteiger partial charge in [-0.2, -0.15) is 5.10 Å². The summed E-state index contributed by atoms with van der Waals surface area (Å²) in [5.41, 5.74) is 0.749. The summed E-state index contributed by atoms with van der Waals surface area (Å²) in [6.45, 7) is 3.74. The summed E-state index contributed by atoms with van der Waals surface area (Å²) < 4.78 is 14.5. The van der Waals surface area contributed by atoms with Crippen LogP contribution in [0.25, 0.3) is 0 Å². The Morgan fingerprint density at radius 3 is 2.56 bits per heavy atom. The van der Waals surface area contributed by atoms with Crippen molar-refractivity contribution in [3.63, 3.8) is 0 Å². The maximum Gasteiger partial charge on any atom is 0.148 e.